The van der Waals surface area contributed by atoms with Gasteiger partial charge in [-0.25, -0.2) is 0 Å². The van der Waals surface area contributed by atoms with E-state index in [9.17, 15) is 15.3 Å². The van der Waals surface area contributed by atoms with E-state index in [0.717, 1.165) is 0 Å². The molecule has 82 valence electrons. The predicted molar refractivity (Wildman–Crippen MR) is 61.6 cm³/mol. The topological polar surface area (TPSA) is 60.7 Å². The Bertz CT molecular complexity index is 518. The highest BCUT2D eigenvalue weighted by molar-refractivity contribution is 5.79. The summed E-state index contributed by atoms with van der Waals surface area (Å²) in [5.74, 6) is -0.342. The number of rotatable bonds is 1. The summed E-state index contributed by atoms with van der Waals surface area (Å²) < 4.78 is 0. The lowest BCUT2D eigenvalue weighted by Gasteiger charge is -2.11. The van der Waals surface area contributed by atoms with Crippen LogP contribution < -0.4 is 0 Å². The lowest BCUT2D eigenvalue weighted by molar-refractivity contribution is 0.425. The minimum atomic E-state index is -0.133. The van der Waals surface area contributed by atoms with Crippen LogP contribution in [0.3, 0.4) is 0 Å². The second-order valence-electron chi connectivity index (χ2n) is 3.63. The Morgan fingerprint density at radius 3 is 2.12 bits per heavy atom. The Balaban J connectivity index is 2.71. The van der Waals surface area contributed by atoms with E-state index in [1.165, 1.54) is 6.07 Å². The number of hydrogen-bond acceptors (Lipinski definition) is 3. The third-order valence-corrected chi connectivity index (χ3v) is 2.57. The average Bonchev–Trinajstić information content (AvgIpc) is 2.28. The van der Waals surface area contributed by atoms with Crippen molar-refractivity contribution in [2.75, 3.05) is 0 Å². The van der Waals surface area contributed by atoms with E-state index in [2.05, 4.69) is 0 Å². The van der Waals surface area contributed by atoms with Gasteiger partial charge in [-0.3, -0.25) is 0 Å². The summed E-state index contributed by atoms with van der Waals surface area (Å²) in [6, 6.07) is 10.3. The SMILES string of the molecule is Cc1c(O)cc(O)c(-c2ccccc2)c1O. The van der Waals surface area contributed by atoms with Crippen LogP contribution in [0, 0.1) is 6.92 Å². The monoisotopic (exact) mass is 216 g/mol. The molecule has 3 N–H and O–H groups in total. The van der Waals surface area contributed by atoms with E-state index < -0.39 is 0 Å². The Hall–Kier alpha value is -2.16. The molecule has 0 atom stereocenters. The summed E-state index contributed by atoms with van der Waals surface area (Å²) in [6.07, 6.45) is 0. The van der Waals surface area contributed by atoms with Gasteiger partial charge in [0.25, 0.3) is 0 Å². The maximum atomic E-state index is 9.89. The van der Waals surface area contributed by atoms with Crippen LogP contribution >= 0.6 is 0 Å². The molecule has 2 rings (SSSR count). The van der Waals surface area contributed by atoms with Crippen molar-refractivity contribution in [1.29, 1.82) is 0 Å². The molecule has 3 heteroatoms. The van der Waals surface area contributed by atoms with Crippen LogP contribution in [-0.4, -0.2) is 15.3 Å². The molecule has 0 aliphatic carbocycles. The third-order valence-electron chi connectivity index (χ3n) is 2.57. The fraction of sp³-hybridized carbons (Fsp3) is 0.0769. The van der Waals surface area contributed by atoms with Gasteiger partial charge >= 0.3 is 0 Å². The first-order valence-corrected chi connectivity index (χ1v) is 4.91. The number of phenols is 3. The molecule has 0 radical (unpaired) electrons. The fourth-order valence-electron chi connectivity index (χ4n) is 1.63. The van der Waals surface area contributed by atoms with Crippen LogP contribution in [0.25, 0.3) is 11.1 Å². The summed E-state index contributed by atoms with van der Waals surface area (Å²) in [4.78, 5) is 0. The van der Waals surface area contributed by atoms with Gasteiger partial charge in [0.1, 0.15) is 17.2 Å². The first-order chi connectivity index (χ1) is 7.61. The van der Waals surface area contributed by atoms with Gasteiger partial charge in [-0.05, 0) is 12.5 Å². The standard InChI is InChI=1S/C13H12O3/c1-8-10(14)7-11(15)12(13(8)16)9-5-3-2-4-6-9/h2-7,14-16H,1H3. The van der Waals surface area contributed by atoms with Crippen molar-refractivity contribution in [1.82, 2.24) is 0 Å². The van der Waals surface area contributed by atoms with Gasteiger partial charge < -0.3 is 15.3 Å². The molecule has 0 aromatic heterocycles. The summed E-state index contributed by atoms with van der Waals surface area (Å²) in [7, 11) is 0. The van der Waals surface area contributed by atoms with Gasteiger partial charge in [0.2, 0.25) is 0 Å². The van der Waals surface area contributed by atoms with E-state index in [1.807, 2.05) is 18.2 Å². The molecule has 0 fully saturated rings. The summed E-state index contributed by atoms with van der Waals surface area (Å²) in [5.41, 5.74) is 1.41. The predicted octanol–water partition coefficient (Wildman–Crippen LogP) is 2.78. The molecule has 0 bridgehead atoms. The first-order valence-electron chi connectivity index (χ1n) is 4.91. The zero-order valence-corrected chi connectivity index (χ0v) is 8.81. The van der Waals surface area contributed by atoms with Crippen molar-refractivity contribution in [3.63, 3.8) is 0 Å². The third kappa shape index (κ3) is 1.56. The zero-order valence-electron chi connectivity index (χ0n) is 8.81. The van der Waals surface area contributed by atoms with E-state index in [-0.39, 0.29) is 17.2 Å². The van der Waals surface area contributed by atoms with Crippen LogP contribution in [0.15, 0.2) is 36.4 Å². The minimum Gasteiger partial charge on any atom is -0.507 e. The normalized spacial score (nSPS) is 10.3. The van der Waals surface area contributed by atoms with Gasteiger partial charge in [0.05, 0.1) is 5.56 Å². The maximum absolute atomic E-state index is 9.89. The van der Waals surface area contributed by atoms with E-state index in [0.29, 0.717) is 16.7 Å². The molecule has 16 heavy (non-hydrogen) atoms. The van der Waals surface area contributed by atoms with Crippen molar-refractivity contribution in [3.8, 4) is 28.4 Å². The number of aromatic hydroxyl groups is 3. The molecule has 0 aliphatic rings. The molecule has 0 aliphatic heterocycles. The second-order valence-corrected chi connectivity index (χ2v) is 3.63. The Kier molecular flexibility index (Phi) is 2.44. The van der Waals surface area contributed by atoms with Crippen LogP contribution in [0.5, 0.6) is 17.2 Å². The molecule has 2 aromatic rings. The molecular formula is C13H12O3. The fourth-order valence-corrected chi connectivity index (χ4v) is 1.63. The molecule has 0 amide bonds. The van der Waals surface area contributed by atoms with Gasteiger partial charge in [-0.1, -0.05) is 30.3 Å². The smallest absolute Gasteiger partial charge is 0.133 e. The molecular weight excluding hydrogens is 204 g/mol. The zero-order chi connectivity index (χ0) is 11.7. The van der Waals surface area contributed by atoms with Crippen molar-refractivity contribution in [2.24, 2.45) is 0 Å². The molecule has 0 saturated heterocycles. The number of hydrogen-bond donors (Lipinski definition) is 3. The first kappa shape index (κ1) is 10.4. The Morgan fingerprint density at radius 1 is 0.875 bits per heavy atom. The lowest BCUT2D eigenvalue weighted by atomic mass is 10.00. The van der Waals surface area contributed by atoms with E-state index in [4.69, 9.17) is 0 Å². The molecule has 0 unspecified atom stereocenters. The molecule has 2 aromatic carbocycles. The largest absolute Gasteiger partial charge is 0.507 e. The van der Waals surface area contributed by atoms with Gasteiger partial charge in [-0.2, -0.15) is 0 Å². The summed E-state index contributed by atoms with van der Waals surface area (Å²) in [5, 5.41) is 29.1. The van der Waals surface area contributed by atoms with E-state index >= 15 is 0 Å². The maximum Gasteiger partial charge on any atom is 0.133 e. The lowest BCUT2D eigenvalue weighted by Crippen LogP contribution is -1.84. The highest BCUT2D eigenvalue weighted by atomic mass is 16.3. The number of benzene rings is 2. The highest BCUT2D eigenvalue weighted by Crippen LogP contribution is 2.43. The van der Waals surface area contributed by atoms with E-state index in [1.54, 1.807) is 19.1 Å². The number of phenolic OH excluding ortho intramolecular Hbond substituents is 3. The second kappa shape index (κ2) is 3.77. The average molecular weight is 216 g/mol. The molecule has 0 heterocycles. The van der Waals surface area contributed by atoms with Crippen molar-refractivity contribution < 1.29 is 15.3 Å². The molecule has 0 spiro atoms. The minimum absolute atomic E-state index is 0.0938. The molecule has 0 saturated carbocycles. The Labute approximate surface area is 93.2 Å². The van der Waals surface area contributed by atoms with Crippen LogP contribution in [-0.2, 0) is 0 Å². The van der Waals surface area contributed by atoms with Crippen LogP contribution in [0.4, 0.5) is 0 Å². The van der Waals surface area contributed by atoms with Crippen LogP contribution in [0.2, 0.25) is 0 Å². The quantitative estimate of drug-likeness (QED) is 0.686. The summed E-state index contributed by atoms with van der Waals surface area (Å²) in [6.45, 7) is 1.59. The van der Waals surface area contributed by atoms with Crippen LogP contribution in [0.1, 0.15) is 5.56 Å². The van der Waals surface area contributed by atoms with Crippen molar-refractivity contribution >= 4 is 0 Å². The van der Waals surface area contributed by atoms with Crippen molar-refractivity contribution in [2.45, 2.75) is 6.92 Å². The summed E-state index contributed by atoms with van der Waals surface area (Å²) >= 11 is 0. The molecule has 3 nitrogen and oxygen atoms in total. The highest BCUT2D eigenvalue weighted by Gasteiger charge is 2.15. The van der Waals surface area contributed by atoms with Gasteiger partial charge in [0.15, 0.2) is 0 Å². The van der Waals surface area contributed by atoms with Gasteiger partial charge in [-0.15, -0.1) is 0 Å². The van der Waals surface area contributed by atoms with Gasteiger partial charge in [0, 0.05) is 11.6 Å². The van der Waals surface area contributed by atoms with Crippen molar-refractivity contribution in [3.05, 3.63) is 42.0 Å². The Morgan fingerprint density at radius 2 is 1.50 bits per heavy atom.